The number of carbonyl (C=O) groups is 1. The normalized spacial score (nSPS) is 13.6. The molecule has 0 saturated heterocycles. The van der Waals surface area contributed by atoms with Gasteiger partial charge in [-0.3, -0.25) is 14.7 Å². The largest absolute Gasteiger partial charge is 0.497 e. The molecule has 3 rings (SSSR count). The van der Waals surface area contributed by atoms with Crippen molar-refractivity contribution < 1.29 is 14.3 Å². The van der Waals surface area contributed by atoms with E-state index in [4.69, 9.17) is 9.47 Å². The predicted molar refractivity (Wildman–Crippen MR) is 79.4 cm³/mol. The summed E-state index contributed by atoms with van der Waals surface area (Å²) in [5.74, 6) is 0.961. The molecule has 0 bridgehead atoms. The van der Waals surface area contributed by atoms with E-state index >= 15 is 0 Å². The Morgan fingerprint density at radius 2 is 1.82 bits per heavy atom. The molecule has 0 spiro atoms. The maximum absolute atomic E-state index is 12.7. The van der Waals surface area contributed by atoms with E-state index in [1.54, 1.807) is 23.1 Å². The maximum Gasteiger partial charge on any atom is 0.269 e. The number of hydrogen-bond acceptors (Lipinski definition) is 4. The van der Waals surface area contributed by atoms with Crippen LogP contribution in [0.15, 0.2) is 23.0 Å². The van der Waals surface area contributed by atoms with Gasteiger partial charge < -0.3 is 19.5 Å². The van der Waals surface area contributed by atoms with Gasteiger partial charge in [0.1, 0.15) is 11.5 Å². The van der Waals surface area contributed by atoms with Gasteiger partial charge >= 0.3 is 0 Å². The standard InChI is InChI=1S/C15H17N3O4/c1-21-10-5-9(6-11(7-10)22-2)15(20)18-4-3-13-12(8-18)14(19)17-16-13/h5-7H,3-4,8H2,1-2H3,(H2,16,17,19). The van der Waals surface area contributed by atoms with Gasteiger partial charge in [-0.15, -0.1) is 0 Å². The second kappa shape index (κ2) is 5.59. The van der Waals surface area contributed by atoms with Crippen LogP contribution in [0.4, 0.5) is 0 Å². The number of fused-ring (bicyclic) bond motifs is 1. The topological polar surface area (TPSA) is 87.4 Å². The predicted octanol–water partition coefficient (Wildman–Crippen LogP) is 0.919. The molecule has 0 saturated carbocycles. The van der Waals surface area contributed by atoms with Crippen molar-refractivity contribution in [1.82, 2.24) is 15.1 Å². The van der Waals surface area contributed by atoms with E-state index in [1.807, 2.05) is 0 Å². The molecule has 2 aromatic rings. The zero-order chi connectivity index (χ0) is 15.7. The summed E-state index contributed by atoms with van der Waals surface area (Å²) in [6.45, 7) is 0.853. The molecular weight excluding hydrogens is 286 g/mol. The molecule has 1 amide bonds. The fourth-order valence-electron chi connectivity index (χ4n) is 2.60. The van der Waals surface area contributed by atoms with Gasteiger partial charge in [0, 0.05) is 30.3 Å². The van der Waals surface area contributed by atoms with Gasteiger partial charge in [0.05, 0.1) is 26.3 Å². The van der Waals surface area contributed by atoms with Gasteiger partial charge in [-0.05, 0) is 12.1 Å². The lowest BCUT2D eigenvalue weighted by atomic mass is 10.1. The molecule has 2 N–H and O–H groups in total. The number of ether oxygens (including phenoxy) is 2. The van der Waals surface area contributed by atoms with Crippen molar-refractivity contribution in [3.8, 4) is 11.5 Å². The second-order valence-corrected chi connectivity index (χ2v) is 5.11. The van der Waals surface area contributed by atoms with Crippen LogP contribution in [-0.4, -0.2) is 41.8 Å². The summed E-state index contributed by atoms with van der Waals surface area (Å²) >= 11 is 0. The van der Waals surface area contributed by atoms with E-state index in [-0.39, 0.29) is 11.5 Å². The SMILES string of the molecule is COc1cc(OC)cc(C(=O)N2CCc3[nH][nH]c(=O)c3C2)c1. The summed E-state index contributed by atoms with van der Waals surface area (Å²) in [5, 5.41) is 5.40. The Balaban J connectivity index is 1.89. The molecule has 1 aliphatic rings. The van der Waals surface area contributed by atoms with Crippen LogP contribution >= 0.6 is 0 Å². The average Bonchev–Trinajstić information content (AvgIpc) is 2.94. The van der Waals surface area contributed by atoms with E-state index in [2.05, 4.69) is 10.2 Å². The zero-order valence-electron chi connectivity index (χ0n) is 12.4. The Labute approximate surface area is 126 Å². The third-order valence-corrected chi connectivity index (χ3v) is 3.83. The van der Waals surface area contributed by atoms with Gasteiger partial charge in [-0.2, -0.15) is 0 Å². The van der Waals surface area contributed by atoms with Gasteiger partial charge in [0.2, 0.25) is 0 Å². The van der Waals surface area contributed by atoms with Crippen LogP contribution in [0.5, 0.6) is 11.5 Å². The molecular formula is C15H17N3O4. The number of nitrogens with zero attached hydrogens (tertiary/aromatic N) is 1. The molecule has 7 nitrogen and oxygen atoms in total. The number of hydrogen-bond donors (Lipinski definition) is 2. The Morgan fingerprint density at radius 1 is 1.14 bits per heavy atom. The van der Waals surface area contributed by atoms with Crippen LogP contribution < -0.4 is 15.0 Å². The molecule has 1 aromatic carbocycles. The number of methoxy groups -OCH3 is 2. The Kier molecular flexibility index (Phi) is 3.62. The number of aromatic nitrogens is 2. The third-order valence-electron chi connectivity index (χ3n) is 3.83. The molecule has 1 aliphatic heterocycles. The fourth-order valence-corrected chi connectivity index (χ4v) is 2.60. The third kappa shape index (κ3) is 2.45. The lowest BCUT2D eigenvalue weighted by Crippen LogP contribution is -2.37. The summed E-state index contributed by atoms with van der Waals surface area (Å²) in [6, 6.07) is 5.05. The van der Waals surface area contributed by atoms with E-state index in [0.717, 1.165) is 5.69 Å². The summed E-state index contributed by atoms with van der Waals surface area (Å²) in [6.07, 6.45) is 0.626. The molecule has 0 radical (unpaired) electrons. The molecule has 1 aromatic heterocycles. The number of nitrogens with one attached hydrogen (secondary N) is 2. The molecule has 0 aliphatic carbocycles. The second-order valence-electron chi connectivity index (χ2n) is 5.11. The van der Waals surface area contributed by atoms with E-state index in [9.17, 15) is 9.59 Å². The van der Waals surface area contributed by atoms with E-state index in [1.165, 1.54) is 14.2 Å². The Hall–Kier alpha value is -2.70. The average molecular weight is 303 g/mol. The van der Waals surface area contributed by atoms with Crippen LogP contribution in [0, 0.1) is 0 Å². The Bertz CT molecular complexity index is 740. The highest BCUT2D eigenvalue weighted by atomic mass is 16.5. The molecule has 0 atom stereocenters. The fraction of sp³-hybridized carbons (Fsp3) is 0.333. The van der Waals surface area contributed by atoms with Crippen molar-refractivity contribution in [2.75, 3.05) is 20.8 Å². The highest BCUT2D eigenvalue weighted by Gasteiger charge is 2.25. The van der Waals surface area contributed by atoms with Crippen molar-refractivity contribution in [2.24, 2.45) is 0 Å². The lowest BCUT2D eigenvalue weighted by Gasteiger charge is -2.26. The minimum Gasteiger partial charge on any atom is -0.497 e. The van der Waals surface area contributed by atoms with Gasteiger partial charge in [-0.25, -0.2) is 0 Å². The van der Waals surface area contributed by atoms with Crippen LogP contribution in [-0.2, 0) is 13.0 Å². The molecule has 22 heavy (non-hydrogen) atoms. The Morgan fingerprint density at radius 3 is 2.45 bits per heavy atom. The highest BCUT2D eigenvalue weighted by Crippen LogP contribution is 2.24. The summed E-state index contributed by atoms with van der Waals surface area (Å²) in [4.78, 5) is 26.0. The van der Waals surface area contributed by atoms with Crippen LogP contribution in [0.3, 0.4) is 0 Å². The number of rotatable bonds is 3. The monoisotopic (exact) mass is 303 g/mol. The first kappa shape index (κ1) is 14.2. The van der Waals surface area contributed by atoms with E-state index in [0.29, 0.717) is 42.1 Å². The highest BCUT2D eigenvalue weighted by molar-refractivity contribution is 5.95. The molecule has 116 valence electrons. The lowest BCUT2D eigenvalue weighted by molar-refractivity contribution is 0.0733. The molecule has 0 fully saturated rings. The number of carbonyl (C=O) groups excluding carboxylic acids is 1. The molecule has 2 heterocycles. The van der Waals surface area contributed by atoms with Crippen molar-refractivity contribution in [3.63, 3.8) is 0 Å². The van der Waals surface area contributed by atoms with Crippen LogP contribution in [0.1, 0.15) is 21.6 Å². The first-order chi connectivity index (χ1) is 10.6. The van der Waals surface area contributed by atoms with Gasteiger partial charge in [-0.1, -0.05) is 0 Å². The zero-order valence-corrected chi connectivity index (χ0v) is 12.4. The summed E-state index contributed by atoms with van der Waals surface area (Å²) in [5.41, 5.74) is 1.80. The molecule has 7 heteroatoms. The van der Waals surface area contributed by atoms with E-state index < -0.39 is 0 Å². The number of aromatic amines is 2. The number of amides is 1. The first-order valence-electron chi connectivity index (χ1n) is 6.93. The van der Waals surface area contributed by atoms with Crippen molar-refractivity contribution in [1.29, 1.82) is 0 Å². The van der Waals surface area contributed by atoms with Crippen LogP contribution in [0.25, 0.3) is 0 Å². The smallest absolute Gasteiger partial charge is 0.269 e. The van der Waals surface area contributed by atoms with Crippen molar-refractivity contribution in [3.05, 3.63) is 45.4 Å². The van der Waals surface area contributed by atoms with Crippen molar-refractivity contribution >= 4 is 5.91 Å². The molecule has 0 unspecified atom stereocenters. The minimum absolute atomic E-state index is 0.150. The van der Waals surface area contributed by atoms with Crippen molar-refractivity contribution in [2.45, 2.75) is 13.0 Å². The first-order valence-corrected chi connectivity index (χ1v) is 6.93. The summed E-state index contributed by atoms with van der Waals surface area (Å²) in [7, 11) is 3.07. The van der Waals surface area contributed by atoms with Gasteiger partial charge in [0.25, 0.3) is 11.5 Å². The van der Waals surface area contributed by atoms with Crippen LogP contribution in [0.2, 0.25) is 0 Å². The summed E-state index contributed by atoms with van der Waals surface area (Å²) < 4.78 is 10.4. The minimum atomic E-state index is -0.171. The number of H-pyrrole nitrogens is 2. The maximum atomic E-state index is 12.7. The van der Waals surface area contributed by atoms with Gasteiger partial charge in [0.15, 0.2) is 0 Å². The number of benzene rings is 1. The quantitative estimate of drug-likeness (QED) is 0.882.